The van der Waals surface area contributed by atoms with Crippen molar-refractivity contribution >= 4 is 11.6 Å². The average molecular weight is 274 g/mol. The molecule has 104 valence electrons. The summed E-state index contributed by atoms with van der Waals surface area (Å²) in [6.07, 6.45) is 0. The molecule has 0 aliphatic carbocycles. The molecule has 2 aromatic carbocycles. The van der Waals surface area contributed by atoms with Crippen LogP contribution in [0.5, 0.6) is 5.75 Å². The van der Waals surface area contributed by atoms with Gasteiger partial charge in [-0.25, -0.2) is 4.39 Å². The van der Waals surface area contributed by atoms with Crippen LogP contribution >= 0.6 is 0 Å². The zero-order chi connectivity index (χ0) is 14.7. The quantitative estimate of drug-likeness (QED) is 0.840. The van der Waals surface area contributed by atoms with Crippen LogP contribution in [0.15, 0.2) is 36.4 Å². The van der Waals surface area contributed by atoms with Gasteiger partial charge < -0.3 is 16.2 Å². The Labute approximate surface area is 116 Å². The van der Waals surface area contributed by atoms with Gasteiger partial charge in [0, 0.05) is 16.8 Å². The summed E-state index contributed by atoms with van der Waals surface area (Å²) in [4.78, 5) is 11.0. The highest BCUT2D eigenvalue weighted by molar-refractivity contribution is 5.93. The second-order valence-corrected chi connectivity index (χ2v) is 4.50. The van der Waals surface area contributed by atoms with Crippen molar-refractivity contribution in [2.45, 2.75) is 13.5 Å². The van der Waals surface area contributed by atoms with Crippen LogP contribution in [0.2, 0.25) is 0 Å². The van der Waals surface area contributed by atoms with Crippen LogP contribution in [0.1, 0.15) is 21.5 Å². The Morgan fingerprint density at radius 1 is 1.25 bits per heavy atom. The van der Waals surface area contributed by atoms with Crippen LogP contribution in [-0.2, 0) is 6.61 Å². The van der Waals surface area contributed by atoms with Gasteiger partial charge in [-0.05, 0) is 36.8 Å². The number of halogens is 1. The fourth-order valence-corrected chi connectivity index (χ4v) is 1.76. The Bertz CT molecular complexity index is 656. The van der Waals surface area contributed by atoms with E-state index in [1.54, 1.807) is 24.3 Å². The minimum Gasteiger partial charge on any atom is -0.486 e. The van der Waals surface area contributed by atoms with Crippen molar-refractivity contribution in [2.75, 3.05) is 5.73 Å². The van der Waals surface area contributed by atoms with Crippen LogP contribution in [0.25, 0.3) is 0 Å². The van der Waals surface area contributed by atoms with E-state index >= 15 is 0 Å². The molecule has 1 amide bonds. The molecule has 2 aromatic rings. The molecule has 0 bridgehead atoms. The van der Waals surface area contributed by atoms with Gasteiger partial charge in [0.1, 0.15) is 6.61 Å². The molecule has 0 fully saturated rings. The second-order valence-electron chi connectivity index (χ2n) is 4.50. The van der Waals surface area contributed by atoms with Gasteiger partial charge in [0.05, 0.1) is 0 Å². The molecule has 0 heterocycles. The van der Waals surface area contributed by atoms with Gasteiger partial charge >= 0.3 is 0 Å². The maximum absolute atomic E-state index is 13.5. The van der Waals surface area contributed by atoms with Gasteiger partial charge in [-0.15, -0.1) is 0 Å². The first kappa shape index (κ1) is 13.9. The van der Waals surface area contributed by atoms with Crippen molar-refractivity contribution in [3.05, 3.63) is 58.9 Å². The minimum absolute atomic E-state index is 0.116. The number of hydrogen-bond acceptors (Lipinski definition) is 3. The zero-order valence-corrected chi connectivity index (χ0v) is 11.0. The maximum atomic E-state index is 13.5. The van der Waals surface area contributed by atoms with E-state index in [1.165, 1.54) is 12.1 Å². The highest BCUT2D eigenvalue weighted by Gasteiger charge is 2.08. The molecule has 0 aromatic heterocycles. The molecule has 0 aliphatic rings. The lowest BCUT2D eigenvalue weighted by Gasteiger charge is -2.10. The Kier molecular flexibility index (Phi) is 3.89. The first-order valence-corrected chi connectivity index (χ1v) is 6.04. The number of rotatable bonds is 4. The number of benzene rings is 2. The molecule has 0 atom stereocenters. The molecule has 2 rings (SSSR count). The van der Waals surface area contributed by atoms with Crippen molar-refractivity contribution in [3.63, 3.8) is 0 Å². The van der Waals surface area contributed by atoms with Crippen LogP contribution < -0.4 is 16.2 Å². The first-order valence-electron chi connectivity index (χ1n) is 6.04. The van der Waals surface area contributed by atoms with Crippen molar-refractivity contribution in [3.8, 4) is 5.75 Å². The van der Waals surface area contributed by atoms with E-state index in [4.69, 9.17) is 16.2 Å². The van der Waals surface area contributed by atoms with Crippen LogP contribution in [-0.4, -0.2) is 5.91 Å². The van der Waals surface area contributed by atoms with Gasteiger partial charge in [0.2, 0.25) is 5.91 Å². The molecule has 0 aliphatic heterocycles. The number of anilines is 1. The number of nitrogen functional groups attached to an aromatic ring is 1. The number of carbonyl (C=O) groups excluding carboxylic acids is 1. The third-order valence-electron chi connectivity index (χ3n) is 2.90. The van der Waals surface area contributed by atoms with Crippen LogP contribution in [0, 0.1) is 12.7 Å². The maximum Gasteiger partial charge on any atom is 0.248 e. The SMILES string of the molecule is Cc1ccc(F)c(OCc2ccc(C(N)=O)cc2N)c1. The summed E-state index contributed by atoms with van der Waals surface area (Å²) in [5.41, 5.74) is 13.2. The number of primary amides is 1. The molecule has 0 saturated heterocycles. The number of ether oxygens (including phenoxy) is 1. The number of carbonyl (C=O) groups is 1. The van der Waals surface area contributed by atoms with Crippen molar-refractivity contribution in [1.29, 1.82) is 0 Å². The summed E-state index contributed by atoms with van der Waals surface area (Å²) >= 11 is 0. The second kappa shape index (κ2) is 5.61. The fraction of sp³-hybridized carbons (Fsp3) is 0.133. The predicted molar refractivity (Wildman–Crippen MR) is 74.8 cm³/mol. The Hall–Kier alpha value is -2.56. The molecule has 0 unspecified atom stereocenters. The van der Waals surface area contributed by atoms with E-state index in [9.17, 15) is 9.18 Å². The number of amides is 1. The van der Waals surface area contributed by atoms with Crippen molar-refractivity contribution in [2.24, 2.45) is 5.73 Å². The summed E-state index contributed by atoms with van der Waals surface area (Å²) in [6.45, 7) is 1.97. The van der Waals surface area contributed by atoms with Gasteiger partial charge in [-0.1, -0.05) is 12.1 Å². The van der Waals surface area contributed by atoms with E-state index in [0.717, 1.165) is 5.56 Å². The number of nitrogens with two attached hydrogens (primary N) is 2. The van der Waals surface area contributed by atoms with Gasteiger partial charge in [0.25, 0.3) is 0 Å². The topological polar surface area (TPSA) is 78.3 Å². The molecular formula is C15H15FN2O2. The molecule has 5 heteroatoms. The van der Waals surface area contributed by atoms with Gasteiger partial charge in [-0.2, -0.15) is 0 Å². The zero-order valence-electron chi connectivity index (χ0n) is 11.0. The van der Waals surface area contributed by atoms with Crippen molar-refractivity contribution < 1.29 is 13.9 Å². The molecule has 0 spiro atoms. The Morgan fingerprint density at radius 2 is 2.00 bits per heavy atom. The highest BCUT2D eigenvalue weighted by Crippen LogP contribution is 2.21. The van der Waals surface area contributed by atoms with E-state index in [0.29, 0.717) is 16.8 Å². The van der Waals surface area contributed by atoms with E-state index in [1.807, 2.05) is 6.92 Å². The van der Waals surface area contributed by atoms with E-state index in [-0.39, 0.29) is 12.4 Å². The molecule has 0 saturated carbocycles. The Balaban J connectivity index is 2.15. The lowest BCUT2D eigenvalue weighted by atomic mass is 10.1. The number of hydrogen-bond donors (Lipinski definition) is 2. The molecule has 0 radical (unpaired) electrons. The lowest BCUT2D eigenvalue weighted by Crippen LogP contribution is -2.12. The molecule has 20 heavy (non-hydrogen) atoms. The average Bonchev–Trinajstić information content (AvgIpc) is 2.40. The number of aryl methyl sites for hydroxylation is 1. The molecule has 4 nitrogen and oxygen atoms in total. The van der Waals surface area contributed by atoms with E-state index in [2.05, 4.69) is 0 Å². The van der Waals surface area contributed by atoms with Crippen LogP contribution in [0.4, 0.5) is 10.1 Å². The minimum atomic E-state index is -0.547. The first-order chi connectivity index (χ1) is 9.47. The summed E-state index contributed by atoms with van der Waals surface area (Å²) in [5, 5.41) is 0. The third kappa shape index (κ3) is 3.06. The van der Waals surface area contributed by atoms with E-state index < -0.39 is 11.7 Å². The summed E-state index contributed by atoms with van der Waals surface area (Å²) in [7, 11) is 0. The van der Waals surface area contributed by atoms with Crippen LogP contribution in [0.3, 0.4) is 0 Å². The molecular weight excluding hydrogens is 259 g/mol. The Morgan fingerprint density at radius 3 is 2.65 bits per heavy atom. The van der Waals surface area contributed by atoms with Gasteiger partial charge in [0.15, 0.2) is 11.6 Å². The fourth-order valence-electron chi connectivity index (χ4n) is 1.76. The molecule has 4 N–H and O–H groups in total. The largest absolute Gasteiger partial charge is 0.486 e. The predicted octanol–water partition coefficient (Wildman–Crippen LogP) is 2.39. The summed E-state index contributed by atoms with van der Waals surface area (Å²) < 4.78 is 18.9. The standard InChI is InChI=1S/C15H15FN2O2/c1-9-2-5-12(16)14(6-9)20-8-11-4-3-10(15(18)19)7-13(11)17/h2-7H,8,17H2,1H3,(H2,18,19). The van der Waals surface area contributed by atoms with Gasteiger partial charge in [-0.3, -0.25) is 4.79 Å². The summed E-state index contributed by atoms with van der Waals surface area (Å²) in [5.74, 6) is -0.805. The lowest BCUT2D eigenvalue weighted by molar-refractivity contribution is 0.100. The highest BCUT2D eigenvalue weighted by atomic mass is 19.1. The summed E-state index contributed by atoms with van der Waals surface area (Å²) in [6, 6.07) is 9.31. The monoisotopic (exact) mass is 274 g/mol. The van der Waals surface area contributed by atoms with Crippen molar-refractivity contribution in [1.82, 2.24) is 0 Å². The normalized spacial score (nSPS) is 10.3. The third-order valence-corrected chi connectivity index (χ3v) is 2.90. The smallest absolute Gasteiger partial charge is 0.248 e.